The van der Waals surface area contributed by atoms with E-state index in [-0.39, 0.29) is 11.9 Å². The predicted molar refractivity (Wildman–Crippen MR) is 71.0 cm³/mol. The number of fused-ring (bicyclic) bond motifs is 2. The molecule has 0 aromatic rings. The third kappa shape index (κ3) is 2.10. The molecular formula is C16H24O2. The lowest BCUT2D eigenvalue weighted by Gasteiger charge is -2.29. The molecule has 18 heavy (non-hydrogen) atoms. The van der Waals surface area contributed by atoms with Crippen molar-refractivity contribution in [3.63, 3.8) is 0 Å². The molecule has 2 saturated carbocycles. The van der Waals surface area contributed by atoms with Crippen LogP contribution in [0.2, 0.25) is 0 Å². The van der Waals surface area contributed by atoms with Crippen molar-refractivity contribution < 1.29 is 9.53 Å². The summed E-state index contributed by atoms with van der Waals surface area (Å²) < 4.78 is 5.19. The maximum absolute atomic E-state index is 11.9. The Morgan fingerprint density at radius 2 is 2.00 bits per heavy atom. The Morgan fingerprint density at radius 1 is 1.22 bits per heavy atom. The quantitative estimate of drug-likeness (QED) is 0.562. The number of carbonyl (C=O) groups is 1. The van der Waals surface area contributed by atoms with Gasteiger partial charge in [-0.25, -0.2) is 0 Å². The highest BCUT2D eigenvalue weighted by atomic mass is 16.5. The number of esters is 1. The normalized spacial score (nSPS) is 35.6. The van der Waals surface area contributed by atoms with E-state index in [1.807, 2.05) is 6.92 Å². The van der Waals surface area contributed by atoms with E-state index in [0.717, 1.165) is 12.3 Å². The summed E-state index contributed by atoms with van der Waals surface area (Å²) in [5, 5.41) is 0. The molecule has 0 saturated heterocycles. The number of rotatable bonds is 3. The van der Waals surface area contributed by atoms with Crippen LogP contribution >= 0.6 is 0 Å². The van der Waals surface area contributed by atoms with Crippen molar-refractivity contribution in [3.05, 3.63) is 11.6 Å². The summed E-state index contributed by atoms with van der Waals surface area (Å²) in [5.41, 5.74) is 1.71. The molecule has 0 heterocycles. The van der Waals surface area contributed by atoms with Crippen LogP contribution in [-0.4, -0.2) is 12.6 Å². The van der Waals surface area contributed by atoms with E-state index in [9.17, 15) is 4.79 Å². The molecule has 2 heteroatoms. The monoisotopic (exact) mass is 248 g/mol. The zero-order chi connectivity index (χ0) is 12.5. The minimum atomic E-state index is 0.0453. The van der Waals surface area contributed by atoms with Crippen LogP contribution in [0.15, 0.2) is 11.6 Å². The minimum absolute atomic E-state index is 0.0453. The van der Waals surface area contributed by atoms with Crippen molar-refractivity contribution >= 4 is 5.97 Å². The smallest absolute Gasteiger partial charge is 0.309 e. The summed E-state index contributed by atoms with van der Waals surface area (Å²) in [6, 6.07) is 0. The molecule has 0 aromatic carbocycles. The Balaban J connectivity index is 1.66. The van der Waals surface area contributed by atoms with E-state index in [2.05, 4.69) is 6.08 Å². The second kappa shape index (κ2) is 5.07. The van der Waals surface area contributed by atoms with Crippen molar-refractivity contribution in [3.8, 4) is 0 Å². The Hall–Kier alpha value is -0.790. The van der Waals surface area contributed by atoms with Gasteiger partial charge in [-0.3, -0.25) is 4.79 Å². The fourth-order valence-electron chi connectivity index (χ4n) is 4.34. The molecule has 2 fully saturated rings. The number of allylic oxidation sites excluding steroid dienone is 2. The van der Waals surface area contributed by atoms with Crippen LogP contribution in [-0.2, 0) is 9.53 Å². The van der Waals surface area contributed by atoms with E-state index in [0.29, 0.717) is 18.4 Å². The molecule has 3 atom stereocenters. The van der Waals surface area contributed by atoms with Crippen molar-refractivity contribution in [2.24, 2.45) is 23.7 Å². The van der Waals surface area contributed by atoms with Crippen LogP contribution in [0.3, 0.4) is 0 Å². The van der Waals surface area contributed by atoms with Gasteiger partial charge in [0, 0.05) is 0 Å². The molecule has 3 rings (SSSR count). The van der Waals surface area contributed by atoms with Gasteiger partial charge in [-0.2, -0.15) is 0 Å². The molecule has 3 aliphatic carbocycles. The summed E-state index contributed by atoms with van der Waals surface area (Å²) in [6.45, 7) is 2.42. The zero-order valence-electron chi connectivity index (χ0n) is 11.4. The van der Waals surface area contributed by atoms with Gasteiger partial charge in [-0.05, 0) is 50.4 Å². The third-order valence-electron chi connectivity index (χ3n) is 5.16. The van der Waals surface area contributed by atoms with Gasteiger partial charge < -0.3 is 4.74 Å². The van der Waals surface area contributed by atoms with Crippen LogP contribution in [0, 0.1) is 23.7 Å². The summed E-state index contributed by atoms with van der Waals surface area (Å²) in [4.78, 5) is 11.9. The average molecular weight is 248 g/mol. The fourth-order valence-corrected chi connectivity index (χ4v) is 4.34. The van der Waals surface area contributed by atoms with Gasteiger partial charge in [0.25, 0.3) is 0 Å². The molecule has 0 amide bonds. The second-order valence-corrected chi connectivity index (χ2v) is 6.19. The molecule has 0 aliphatic heterocycles. The molecule has 0 unspecified atom stereocenters. The van der Waals surface area contributed by atoms with Gasteiger partial charge in [0.2, 0.25) is 0 Å². The third-order valence-corrected chi connectivity index (χ3v) is 5.16. The van der Waals surface area contributed by atoms with E-state index < -0.39 is 0 Å². The van der Waals surface area contributed by atoms with Crippen molar-refractivity contribution in [2.75, 3.05) is 6.61 Å². The lowest BCUT2D eigenvalue weighted by atomic mass is 9.77. The molecule has 0 N–H and O–H groups in total. The second-order valence-electron chi connectivity index (χ2n) is 6.19. The molecule has 0 radical (unpaired) electrons. The average Bonchev–Trinajstić information content (AvgIpc) is 2.99. The zero-order valence-corrected chi connectivity index (χ0v) is 11.4. The highest BCUT2D eigenvalue weighted by molar-refractivity contribution is 5.74. The number of ether oxygens (including phenoxy) is 1. The number of hydrogen-bond acceptors (Lipinski definition) is 2. The number of carbonyl (C=O) groups excluding carboxylic acids is 1. The van der Waals surface area contributed by atoms with Crippen LogP contribution in [0.5, 0.6) is 0 Å². The van der Waals surface area contributed by atoms with E-state index in [1.165, 1.54) is 38.5 Å². The first-order valence-corrected chi connectivity index (χ1v) is 7.67. The Bertz CT molecular complexity index is 352. The van der Waals surface area contributed by atoms with Gasteiger partial charge in [-0.15, -0.1) is 0 Å². The molecule has 0 spiro atoms. The maximum atomic E-state index is 11.9. The summed E-state index contributed by atoms with van der Waals surface area (Å²) >= 11 is 0. The van der Waals surface area contributed by atoms with Crippen molar-refractivity contribution in [1.29, 1.82) is 0 Å². The lowest BCUT2D eigenvalue weighted by molar-refractivity contribution is -0.148. The Labute approximate surface area is 110 Å². The highest BCUT2D eigenvalue weighted by Gasteiger charge is 2.45. The van der Waals surface area contributed by atoms with Crippen LogP contribution in [0.25, 0.3) is 0 Å². The van der Waals surface area contributed by atoms with Gasteiger partial charge in [-0.1, -0.05) is 30.9 Å². The van der Waals surface area contributed by atoms with Gasteiger partial charge in [0.1, 0.15) is 0 Å². The van der Waals surface area contributed by atoms with Gasteiger partial charge in [0.05, 0.1) is 12.5 Å². The van der Waals surface area contributed by atoms with E-state index in [1.54, 1.807) is 5.57 Å². The standard InChI is InChI=1S/C16H24O2/c1-2-18-16(17)15-10-12-8-13(15)9-14(12)11-6-4-3-5-7-11/h9,11-13,15H,2-8,10H2,1H3/t12-,13-,15-/m1/s1. The van der Waals surface area contributed by atoms with Crippen molar-refractivity contribution in [1.82, 2.24) is 0 Å². The van der Waals surface area contributed by atoms with Crippen LogP contribution in [0.1, 0.15) is 51.9 Å². The first-order valence-electron chi connectivity index (χ1n) is 7.67. The molecule has 100 valence electrons. The van der Waals surface area contributed by atoms with E-state index in [4.69, 9.17) is 4.74 Å². The first-order chi connectivity index (χ1) is 8.79. The fraction of sp³-hybridized carbons (Fsp3) is 0.812. The van der Waals surface area contributed by atoms with Crippen LogP contribution in [0.4, 0.5) is 0 Å². The summed E-state index contributed by atoms with van der Waals surface area (Å²) in [5.74, 6) is 2.25. The molecule has 2 nitrogen and oxygen atoms in total. The highest BCUT2D eigenvalue weighted by Crippen LogP contribution is 2.52. The number of hydrogen-bond donors (Lipinski definition) is 0. The topological polar surface area (TPSA) is 26.3 Å². The molecular weight excluding hydrogens is 224 g/mol. The minimum Gasteiger partial charge on any atom is -0.466 e. The predicted octanol–water partition coefficient (Wildman–Crippen LogP) is 3.71. The van der Waals surface area contributed by atoms with Gasteiger partial charge >= 0.3 is 5.97 Å². The SMILES string of the molecule is CCOC(=O)[C@@H]1C[C@H]2C[C@@H]1C=C2C1CCCCC1. The first kappa shape index (κ1) is 12.3. The van der Waals surface area contributed by atoms with E-state index >= 15 is 0 Å². The Morgan fingerprint density at radius 3 is 2.61 bits per heavy atom. The van der Waals surface area contributed by atoms with Crippen LogP contribution < -0.4 is 0 Å². The molecule has 2 bridgehead atoms. The van der Waals surface area contributed by atoms with Crippen molar-refractivity contribution in [2.45, 2.75) is 51.9 Å². The Kier molecular flexibility index (Phi) is 3.45. The summed E-state index contributed by atoms with van der Waals surface area (Å²) in [7, 11) is 0. The van der Waals surface area contributed by atoms with Gasteiger partial charge in [0.15, 0.2) is 0 Å². The maximum Gasteiger partial charge on any atom is 0.309 e. The molecule has 0 aromatic heterocycles. The summed E-state index contributed by atoms with van der Waals surface area (Å²) in [6.07, 6.45) is 11.7. The largest absolute Gasteiger partial charge is 0.466 e. The molecule has 3 aliphatic rings. The lowest BCUT2D eigenvalue weighted by Crippen LogP contribution is -2.24.